The molecule has 0 aromatic heterocycles. The largest absolute Gasteiger partial charge is 0.416 e. The molecule has 0 radical (unpaired) electrons. The van der Waals surface area contributed by atoms with Gasteiger partial charge in [0.2, 0.25) is 0 Å². The van der Waals surface area contributed by atoms with E-state index in [1.165, 1.54) is 12.1 Å². The second-order valence-corrected chi connectivity index (χ2v) is 6.67. The highest BCUT2D eigenvalue weighted by atomic mass is 19.4. The first-order valence-corrected chi connectivity index (χ1v) is 7.07. The fourth-order valence-electron chi connectivity index (χ4n) is 2.17. The molecule has 0 aliphatic carbocycles. The Hall–Kier alpha value is -1.07. The molecule has 2 unspecified atom stereocenters. The van der Waals surface area contributed by atoms with Crippen LogP contribution in [0.15, 0.2) is 24.3 Å². The molecule has 0 aliphatic rings. The van der Waals surface area contributed by atoms with Crippen LogP contribution in [-0.2, 0) is 6.18 Å². The number of nitrogens with one attached hydrogen (secondary N) is 1. The van der Waals surface area contributed by atoms with E-state index in [-0.39, 0.29) is 11.5 Å². The van der Waals surface area contributed by atoms with Gasteiger partial charge in [0.25, 0.3) is 0 Å². The van der Waals surface area contributed by atoms with Crippen molar-refractivity contribution in [3.8, 4) is 0 Å². The van der Waals surface area contributed by atoms with Gasteiger partial charge in [-0.25, -0.2) is 0 Å². The number of aliphatic hydroxyl groups is 1. The monoisotopic (exact) mass is 303 g/mol. The SMILES string of the molecule is CC(NCC(O)CC(C)(C)C)c1ccc(C(F)(F)F)cc1. The average molecular weight is 303 g/mol. The maximum absolute atomic E-state index is 12.5. The summed E-state index contributed by atoms with van der Waals surface area (Å²) in [4.78, 5) is 0. The summed E-state index contributed by atoms with van der Waals surface area (Å²) < 4.78 is 37.5. The first-order chi connectivity index (χ1) is 9.49. The Kier molecular flexibility index (Phi) is 5.82. The second-order valence-electron chi connectivity index (χ2n) is 6.67. The molecule has 2 nitrogen and oxygen atoms in total. The predicted octanol–water partition coefficient (Wildman–Crippen LogP) is 4.15. The molecule has 0 amide bonds. The van der Waals surface area contributed by atoms with Crippen LogP contribution >= 0.6 is 0 Å². The van der Waals surface area contributed by atoms with Gasteiger partial charge in [-0.05, 0) is 36.5 Å². The molecule has 0 saturated heterocycles. The smallest absolute Gasteiger partial charge is 0.392 e. The van der Waals surface area contributed by atoms with E-state index in [2.05, 4.69) is 26.1 Å². The van der Waals surface area contributed by atoms with E-state index in [1.54, 1.807) is 0 Å². The Morgan fingerprint density at radius 2 is 1.62 bits per heavy atom. The number of benzene rings is 1. The van der Waals surface area contributed by atoms with Crippen molar-refractivity contribution in [1.29, 1.82) is 0 Å². The first-order valence-electron chi connectivity index (χ1n) is 7.07. The Morgan fingerprint density at radius 1 is 1.10 bits per heavy atom. The third kappa shape index (κ3) is 6.48. The fraction of sp³-hybridized carbons (Fsp3) is 0.625. The zero-order chi connectivity index (χ0) is 16.3. The van der Waals surface area contributed by atoms with Crippen molar-refractivity contribution in [2.24, 2.45) is 5.41 Å². The van der Waals surface area contributed by atoms with Gasteiger partial charge < -0.3 is 10.4 Å². The van der Waals surface area contributed by atoms with Crippen LogP contribution in [0.2, 0.25) is 0 Å². The molecule has 0 fully saturated rings. The molecule has 120 valence electrons. The maximum atomic E-state index is 12.5. The molecule has 1 rings (SSSR count). The lowest BCUT2D eigenvalue weighted by atomic mass is 9.89. The van der Waals surface area contributed by atoms with E-state index < -0.39 is 17.8 Å². The summed E-state index contributed by atoms with van der Waals surface area (Å²) in [5.74, 6) is 0. The summed E-state index contributed by atoms with van der Waals surface area (Å²) in [6.07, 6.45) is -4.11. The number of alkyl halides is 3. The predicted molar refractivity (Wildman–Crippen MR) is 77.9 cm³/mol. The number of halogens is 3. The summed E-state index contributed by atoms with van der Waals surface area (Å²) in [7, 11) is 0. The van der Waals surface area contributed by atoms with Gasteiger partial charge >= 0.3 is 6.18 Å². The number of hydrogen-bond acceptors (Lipinski definition) is 2. The standard InChI is InChI=1S/C16H24F3NO/c1-11(20-10-14(21)9-15(2,3)4)12-5-7-13(8-6-12)16(17,18)19/h5-8,11,14,20-21H,9-10H2,1-4H3. The Balaban J connectivity index is 2.54. The highest BCUT2D eigenvalue weighted by Gasteiger charge is 2.30. The molecule has 0 spiro atoms. The maximum Gasteiger partial charge on any atom is 0.416 e. The third-order valence-corrected chi connectivity index (χ3v) is 3.25. The molecule has 1 aromatic carbocycles. The van der Waals surface area contributed by atoms with Gasteiger partial charge in [0.1, 0.15) is 0 Å². The quantitative estimate of drug-likeness (QED) is 0.856. The molecule has 0 saturated carbocycles. The summed E-state index contributed by atoms with van der Waals surface area (Å²) in [6, 6.07) is 4.99. The van der Waals surface area contributed by atoms with E-state index in [4.69, 9.17) is 0 Å². The third-order valence-electron chi connectivity index (χ3n) is 3.25. The molecule has 0 aliphatic heterocycles. The van der Waals surface area contributed by atoms with Gasteiger partial charge in [-0.3, -0.25) is 0 Å². The Labute approximate surface area is 124 Å². The van der Waals surface area contributed by atoms with Crippen LogP contribution in [0.25, 0.3) is 0 Å². The van der Waals surface area contributed by atoms with Crippen molar-refractivity contribution < 1.29 is 18.3 Å². The van der Waals surface area contributed by atoms with Crippen molar-refractivity contribution in [1.82, 2.24) is 5.32 Å². The zero-order valence-corrected chi connectivity index (χ0v) is 13.0. The van der Waals surface area contributed by atoms with Crippen LogP contribution in [-0.4, -0.2) is 17.8 Å². The molecule has 1 aromatic rings. The van der Waals surface area contributed by atoms with Crippen LogP contribution in [0.3, 0.4) is 0 Å². The first kappa shape index (κ1) is 18.0. The Morgan fingerprint density at radius 3 is 2.05 bits per heavy atom. The molecule has 21 heavy (non-hydrogen) atoms. The van der Waals surface area contributed by atoms with Crippen molar-refractivity contribution >= 4 is 0 Å². The molecule has 0 bridgehead atoms. The van der Waals surface area contributed by atoms with Crippen molar-refractivity contribution in [2.75, 3.05) is 6.54 Å². The minimum atomic E-state index is -4.31. The minimum absolute atomic E-state index is 0.0404. The highest BCUT2D eigenvalue weighted by molar-refractivity contribution is 5.26. The molecule has 0 heterocycles. The van der Waals surface area contributed by atoms with E-state index in [0.29, 0.717) is 13.0 Å². The van der Waals surface area contributed by atoms with Crippen LogP contribution in [0.5, 0.6) is 0 Å². The fourth-order valence-corrected chi connectivity index (χ4v) is 2.17. The van der Waals surface area contributed by atoms with Gasteiger partial charge in [0, 0.05) is 12.6 Å². The molecule has 2 atom stereocenters. The van der Waals surface area contributed by atoms with Gasteiger partial charge in [-0.2, -0.15) is 13.2 Å². The number of aliphatic hydroxyl groups excluding tert-OH is 1. The summed E-state index contributed by atoms with van der Waals surface area (Å²) in [6.45, 7) is 8.44. The van der Waals surface area contributed by atoms with E-state index in [9.17, 15) is 18.3 Å². The number of rotatable bonds is 5. The molecular weight excluding hydrogens is 279 g/mol. The molecular formula is C16H24F3NO. The van der Waals surface area contributed by atoms with E-state index in [1.807, 2.05) is 6.92 Å². The topological polar surface area (TPSA) is 32.3 Å². The van der Waals surface area contributed by atoms with Crippen LogP contribution in [0.1, 0.15) is 51.3 Å². The van der Waals surface area contributed by atoms with Gasteiger partial charge in [0.15, 0.2) is 0 Å². The van der Waals surface area contributed by atoms with Crippen LogP contribution < -0.4 is 5.32 Å². The van der Waals surface area contributed by atoms with Crippen LogP contribution in [0.4, 0.5) is 13.2 Å². The van der Waals surface area contributed by atoms with Crippen molar-refractivity contribution in [3.63, 3.8) is 0 Å². The van der Waals surface area contributed by atoms with Crippen molar-refractivity contribution in [3.05, 3.63) is 35.4 Å². The lowest BCUT2D eigenvalue weighted by Crippen LogP contribution is -2.31. The lowest BCUT2D eigenvalue weighted by molar-refractivity contribution is -0.137. The summed E-state index contributed by atoms with van der Waals surface area (Å²) in [5, 5.41) is 13.1. The van der Waals surface area contributed by atoms with Crippen molar-refractivity contribution in [2.45, 2.75) is 52.4 Å². The zero-order valence-electron chi connectivity index (χ0n) is 13.0. The normalized spacial score (nSPS) is 15.8. The summed E-state index contributed by atoms with van der Waals surface area (Å²) >= 11 is 0. The molecule has 5 heteroatoms. The van der Waals surface area contributed by atoms with Gasteiger partial charge in [-0.15, -0.1) is 0 Å². The highest BCUT2D eigenvalue weighted by Crippen LogP contribution is 2.30. The second kappa shape index (κ2) is 6.79. The lowest BCUT2D eigenvalue weighted by Gasteiger charge is -2.24. The van der Waals surface area contributed by atoms with Gasteiger partial charge in [0.05, 0.1) is 11.7 Å². The number of hydrogen-bond donors (Lipinski definition) is 2. The van der Waals surface area contributed by atoms with Gasteiger partial charge in [-0.1, -0.05) is 32.9 Å². The molecule has 2 N–H and O–H groups in total. The summed E-state index contributed by atoms with van der Waals surface area (Å²) in [5.41, 5.74) is 0.163. The minimum Gasteiger partial charge on any atom is -0.392 e. The van der Waals surface area contributed by atoms with Crippen LogP contribution in [0, 0.1) is 5.41 Å². The van der Waals surface area contributed by atoms with E-state index in [0.717, 1.165) is 17.7 Å². The average Bonchev–Trinajstić information content (AvgIpc) is 2.33. The van der Waals surface area contributed by atoms with E-state index >= 15 is 0 Å². The Bertz CT molecular complexity index is 434.